The SMILES string of the molecule is Cc1cc(O)c2c(c1)C(=O)C=C(Cl)C2=O. The van der Waals surface area contributed by atoms with E-state index in [0.29, 0.717) is 0 Å². The maximum atomic E-state index is 11.6. The molecular weight excluding hydrogens is 216 g/mol. The number of benzene rings is 1. The van der Waals surface area contributed by atoms with E-state index in [1.165, 1.54) is 6.07 Å². The van der Waals surface area contributed by atoms with Crippen LogP contribution < -0.4 is 0 Å². The number of halogens is 1. The quantitative estimate of drug-likeness (QED) is 0.732. The van der Waals surface area contributed by atoms with Gasteiger partial charge < -0.3 is 5.11 Å². The Morgan fingerprint density at radius 2 is 1.93 bits per heavy atom. The van der Waals surface area contributed by atoms with Gasteiger partial charge in [0, 0.05) is 11.6 Å². The molecule has 0 atom stereocenters. The van der Waals surface area contributed by atoms with Crippen LogP contribution in [-0.2, 0) is 0 Å². The van der Waals surface area contributed by atoms with E-state index in [0.717, 1.165) is 11.6 Å². The number of carbonyl (C=O) groups excluding carboxylic acids is 2. The summed E-state index contributed by atoms with van der Waals surface area (Å²) in [5, 5.41) is 9.42. The number of phenolic OH excluding ortho intramolecular Hbond substituents is 1. The minimum atomic E-state index is -0.510. The maximum absolute atomic E-state index is 11.6. The lowest BCUT2D eigenvalue weighted by atomic mass is 9.92. The van der Waals surface area contributed by atoms with Crippen molar-refractivity contribution < 1.29 is 14.7 Å². The highest BCUT2D eigenvalue weighted by Gasteiger charge is 2.27. The number of rotatable bonds is 0. The van der Waals surface area contributed by atoms with Crippen molar-refractivity contribution in [2.24, 2.45) is 0 Å². The molecule has 1 aliphatic rings. The van der Waals surface area contributed by atoms with Crippen molar-refractivity contribution in [1.82, 2.24) is 0 Å². The maximum Gasteiger partial charge on any atom is 0.208 e. The van der Waals surface area contributed by atoms with E-state index in [1.54, 1.807) is 13.0 Å². The average Bonchev–Trinajstić information content (AvgIpc) is 2.13. The Labute approximate surface area is 91.0 Å². The van der Waals surface area contributed by atoms with Crippen LogP contribution in [0.3, 0.4) is 0 Å². The van der Waals surface area contributed by atoms with E-state index in [2.05, 4.69) is 0 Å². The second kappa shape index (κ2) is 3.21. The number of carbonyl (C=O) groups is 2. The summed E-state index contributed by atoms with van der Waals surface area (Å²) in [5.74, 6) is -1.06. The molecule has 0 saturated heterocycles. The monoisotopic (exact) mass is 222 g/mol. The van der Waals surface area contributed by atoms with E-state index in [9.17, 15) is 14.7 Å². The lowest BCUT2D eigenvalue weighted by Gasteiger charge is -2.13. The Morgan fingerprint density at radius 1 is 1.27 bits per heavy atom. The summed E-state index contributed by atoms with van der Waals surface area (Å²) in [7, 11) is 0. The molecule has 0 spiro atoms. The molecular formula is C11H7ClO3. The fraction of sp³-hybridized carbons (Fsp3) is 0.0909. The van der Waals surface area contributed by atoms with Gasteiger partial charge >= 0.3 is 0 Å². The zero-order chi connectivity index (χ0) is 11.2. The van der Waals surface area contributed by atoms with Gasteiger partial charge in [-0.1, -0.05) is 11.6 Å². The topological polar surface area (TPSA) is 54.4 Å². The molecule has 0 fully saturated rings. The van der Waals surface area contributed by atoms with Crippen LogP contribution in [0.4, 0.5) is 0 Å². The molecule has 0 radical (unpaired) electrons. The third-order valence-electron chi connectivity index (χ3n) is 2.23. The van der Waals surface area contributed by atoms with Crippen LogP contribution in [0.5, 0.6) is 5.75 Å². The van der Waals surface area contributed by atoms with Gasteiger partial charge in [0.15, 0.2) is 5.78 Å². The van der Waals surface area contributed by atoms with Gasteiger partial charge in [-0.15, -0.1) is 0 Å². The molecule has 1 N–H and O–H groups in total. The summed E-state index contributed by atoms with van der Waals surface area (Å²) in [6.07, 6.45) is 1.07. The third-order valence-corrected chi connectivity index (χ3v) is 2.51. The second-order valence-corrected chi connectivity index (χ2v) is 3.80. The molecule has 15 heavy (non-hydrogen) atoms. The molecule has 76 valence electrons. The van der Waals surface area contributed by atoms with Gasteiger partial charge in [0.1, 0.15) is 5.75 Å². The van der Waals surface area contributed by atoms with Gasteiger partial charge in [-0.05, 0) is 24.6 Å². The first-order valence-corrected chi connectivity index (χ1v) is 4.68. The Morgan fingerprint density at radius 3 is 2.60 bits per heavy atom. The number of phenols is 1. The van der Waals surface area contributed by atoms with Crippen LogP contribution in [0.25, 0.3) is 0 Å². The molecule has 0 aliphatic heterocycles. The standard InChI is InChI=1S/C11H7ClO3/c1-5-2-6-8(13)4-7(12)11(15)10(6)9(14)3-5/h2-4,14H,1H3. The Hall–Kier alpha value is -1.61. The van der Waals surface area contributed by atoms with E-state index < -0.39 is 5.78 Å². The van der Waals surface area contributed by atoms with Crippen molar-refractivity contribution in [2.45, 2.75) is 6.92 Å². The first kappa shape index (κ1) is 9.93. The number of aromatic hydroxyl groups is 1. The first-order valence-electron chi connectivity index (χ1n) is 4.30. The molecule has 1 aromatic rings. The highest BCUT2D eigenvalue weighted by Crippen LogP contribution is 2.31. The number of hydrogen-bond acceptors (Lipinski definition) is 3. The zero-order valence-corrected chi connectivity index (χ0v) is 8.63. The summed E-state index contributed by atoms with van der Waals surface area (Å²) >= 11 is 5.58. The van der Waals surface area contributed by atoms with Crippen LogP contribution in [0.1, 0.15) is 26.3 Å². The summed E-state index contributed by atoms with van der Waals surface area (Å²) in [4.78, 5) is 23.1. The van der Waals surface area contributed by atoms with Gasteiger partial charge in [-0.25, -0.2) is 0 Å². The number of aryl methyl sites for hydroxylation is 1. The highest BCUT2D eigenvalue weighted by atomic mass is 35.5. The summed E-state index contributed by atoms with van der Waals surface area (Å²) < 4.78 is 0. The smallest absolute Gasteiger partial charge is 0.208 e. The Balaban J connectivity index is 2.78. The minimum absolute atomic E-state index is 0.00176. The van der Waals surface area contributed by atoms with Crippen molar-refractivity contribution in [3.63, 3.8) is 0 Å². The second-order valence-electron chi connectivity index (χ2n) is 3.39. The molecule has 0 aromatic heterocycles. The molecule has 4 heteroatoms. The van der Waals surface area contributed by atoms with Crippen molar-refractivity contribution >= 4 is 23.2 Å². The van der Waals surface area contributed by atoms with Gasteiger partial charge in [0.25, 0.3) is 0 Å². The van der Waals surface area contributed by atoms with Crippen LogP contribution in [0.15, 0.2) is 23.2 Å². The molecule has 1 aliphatic carbocycles. The number of allylic oxidation sites excluding steroid dienone is 2. The fourth-order valence-corrected chi connectivity index (χ4v) is 1.77. The van der Waals surface area contributed by atoms with E-state index in [-0.39, 0.29) is 27.7 Å². The van der Waals surface area contributed by atoms with Crippen LogP contribution in [0.2, 0.25) is 0 Å². The molecule has 1 aromatic carbocycles. The van der Waals surface area contributed by atoms with E-state index in [1.807, 2.05) is 0 Å². The fourth-order valence-electron chi connectivity index (χ4n) is 1.58. The molecule has 0 heterocycles. The molecule has 2 rings (SSSR count). The van der Waals surface area contributed by atoms with E-state index in [4.69, 9.17) is 11.6 Å². The Kier molecular flexibility index (Phi) is 2.12. The largest absolute Gasteiger partial charge is 0.507 e. The van der Waals surface area contributed by atoms with Crippen molar-refractivity contribution in [1.29, 1.82) is 0 Å². The number of Topliss-reactive ketones (excluding diaryl/α,β-unsaturated/α-hetero) is 1. The minimum Gasteiger partial charge on any atom is -0.507 e. The van der Waals surface area contributed by atoms with Crippen molar-refractivity contribution in [3.8, 4) is 5.75 Å². The van der Waals surface area contributed by atoms with Gasteiger partial charge in [-0.3, -0.25) is 9.59 Å². The molecule has 0 bridgehead atoms. The molecule has 3 nitrogen and oxygen atoms in total. The normalized spacial score (nSPS) is 14.9. The average molecular weight is 223 g/mol. The number of hydrogen-bond donors (Lipinski definition) is 1. The lowest BCUT2D eigenvalue weighted by Crippen LogP contribution is -2.15. The number of ketones is 2. The number of fused-ring (bicyclic) bond motifs is 1. The molecule has 0 unspecified atom stereocenters. The van der Waals surface area contributed by atoms with Crippen LogP contribution >= 0.6 is 11.6 Å². The van der Waals surface area contributed by atoms with Gasteiger partial charge in [0.2, 0.25) is 5.78 Å². The zero-order valence-electron chi connectivity index (χ0n) is 7.87. The summed E-state index contributed by atoms with van der Waals surface area (Å²) in [6, 6.07) is 2.99. The highest BCUT2D eigenvalue weighted by molar-refractivity contribution is 6.49. The van der Waals surface area contributed by atoms with Gasteiger partial charge in [-0.2, -0.15) is 0 Å². The van der Waals surface area contributed by atoms with E-state index >= 15 is 0 Å². The van der Waals surface area contributed by atoms with Crippen molar-refractivity contribution in [2.75, 3.05) is 0 Å². The summed E-state index contributed by atoms with van der Waals surface area (Å²) in [6.45, 7) is 1.73. The Bertz CT molecular complexity index is 515. The van der Waals surface area contributed by atoms with Crippen LogP contribution in [-0.4, -0.2) is 16.7 Å². The molecule has 0 amide bonds. The first-order chi connectivity index (χ1) is 7.00. The van der Waals surface area contributed by atoms with Crippen molar-refractivity contribution in [3.05, 3.63) is 39.9 Å². The molecule has 0 saturated carbocycles. The predicted molar refractivity (Wildman–Crippen MR) is 55.4 cm³/mol. The predicted octanol–water partition coefficient (Wildman–Crippen LogP) is 2.20. The van der Waals surface area contributed by atoms with Gasteiger partial charge in [0.05, 0.1) is 10.6 Å². The third kappa shape index (κ3) is 1.45. The lowest BCUT2D eigenvalue weighted by molar-refractivity contribution is 0.0988. The summed E-state index contributed by atoms with van der Waals surface area (Å²) in [5.41, 5.74) is 0.929. The van der Waals surface area contributed by atoms with Crippen LogP contribution in [0, 0.1) is 6.92 Å².